The Hall–Kier alpha value is -1.83. The molecule has 2 aromatic rings. The number of aryl methyl sites for hydroxylation is 1. The van der Waals surface area contributed by atoms with E-state index >= 15 is 0 Å². The first-order valence-electron chi connectivity index (χ1n) is 5.18. The van der Waals surface area contributed by atoms with Gasteiger partial charge in [0.15, 0.2) is 12.1 Å². The number of H-pyrrole nitrogens is 1. The lowest BCUT2D eigenvalue weighted by molar-refractivity contribution is -0.141. The number of nitrogens with one attached hydrogen (secondary N) is 2. The van der Waals surface area contributed by atoms with Crippen molar-refractivity contribution in [3.63, 3.8) is 0 Å². The van der Waals surface area contributed by atoms with E-state index in [2.05, 4.69) is 20.5 Å². The van der Waals surface area contributed by atoms with Crippen molar-refractivity contribution in [1.29, 1.82) is 0 Å². The van der Waals surface area contributed by atoms with Crippen LogP contribution in [0, 0.1) is 6.92 Å². The van der Waals surface area contributed by atoms with Crippen molar-refractivity contribution < 1.29 is 17.6 Å². The lowest BCUT2D eigenvalue weighted by Gasteiger charge is -2.00. The van der Waals surface area contributed by atoms with Gasteiger partial charge in [0, 0.05) is 18.8 Å². The smallest absolute Gasteiger partial charge is 0.435 e. The fourth-order valence-electron chi connectivity index (χ4n) is 1.41. The van der Waals surface area contributed by atoms with Crippen LogP contribution in [0.1, 0.15) is 22.8 Å². The van der Waals surface area contributed by atoms with Crippen molar-refractivity contribution in [1.82, 2.24) is 20.5 Å². The molecule has 0 aromatic carbocycles. The van der Waals surface area contributed by atoms with Gasteiger partial charge >= 0.3 is 6.18 Å². The Labute approximate surface area is 100 Å². The van der Waals surface area contributed by atoms with Crippen LogP contribution in [0.4, 0.5) is 13.2 Å². The van der Waals surface area contributed by atoms with E-state index in [9.17, 15) is 13.2 Å². The summed E-state index contributed by atoms with van der Waals surface area (Å²) in [5.74, 6) is 0.683. The van der Waals surface area contributed by atoms with Gasteiger partial charge in [-0.3, -0.25) is 5.10 Å². The summed E-state index contributed by atoms with van der Waals surface area (Å²) in [4.78, 5) is 3.96. The van der Waals surface area contributed by atoms with E-state index in [0.717, 1.165) is 11.8 Å². The molecule has 0 aliphatic carbocycles. The molecule has 2 N–H and O–H groups in total. The van der Waals surface area contributed by atoms with Gasteiger partial charge in [-0.15, -0.1) is 0 Å². The number of nitrogens with zero attached hydrogens (tertiary/aromatic N) is 2. The summed E-state index contributed by atoms with van der Waals surface area (Å²) in [5, 5.41) is 8.48. The minimum absolute atomic E-state index is 0.245. The predicted octanol–water partition coefficient (Wildman–Crippen LogP) is 2.01. The zero-order chi connectivity index (χ0) is 13.2. The molecule has 98 valence electrons. The highest BCUT2D eigenvalue weighted by Crippen LogP contribution is 2.27. The Morgan fingerprint density at radius 1 is 1.39 bits per heavy atom. The summed E-state index contributed by atoms with van der Waals surface area (Å²) in [7, 11) is 0. The quantitative estimate of drug-likeness (QED) is 0.882. The van der Waals surface area contributed by atoms with Crippen LogP contribution < -0.4 is 5.32 Å². The van der Waals surface area contributed by atoms with Crippen LogP contribution in [0.2, 0.25) is 0 Å². The molecule has 0 spiro atoms. The SMILES string of the molecule is Cc1ocnc1CNCc1cc(C(F)(F)F)n[nH]1. The Balaban J connectivity index is 1.88. The van der Waals surface area contributed by atoms with E-state index in [4.69, 9.17) is 4.42 Å². The number of oxazole rings is 1. The molecule has 5 nitrogen and oxygen atoms in total. The van der Waals surface area contributed by atoms with Crippen molar-refractivity contribution in [3.8, 4) is 0 Å². The second kappa shape index (κ2) is 4.81. The van der Waals surface area contributed by atoms with Crippen LogP contribution in [-0.4, -0.2) is 15.2 Å². The lowest BCUT2D eigenvalue weighted by atomic mass is 10.3. The third-order valence-electron chi connectivity index (χ3n) is 2.37. The second-order valence-corrected chi connectivity index (χ2v) is 3.73. The first-order valence-corrected chi connectivity index (χ1v) is 5.18. The van der Waals surface area contributed by atoms with E-state index in [1.165, 1.54) is 6.39 Å². The van der Waals surface area contributed by atoms with Crippen molar-refractivity contribution in [3.05, 3.63) is 35.3 Å². The second-order valence-electron chi connectivity index (χ2n) is 3.73. The molecule has 2 aromatic heterocycles. The molecule has 0 fully saturated rings. The summed E-state index contributed by atoms with van der Waals surface area (Å²) in [5.41, 5.74) is 0.172. The van der Waals surface area contributed by atoms with E-state index in [1.54, 1.807) is 6.92 Å². The van der Waals surface area contributed by atoms with Crippen molar-refractivity contribution in [2.45, 2.75) is 26.2 Å². The maximum atomic E-state index is 12.3. The van der Waals surface area contributed by atoms with Gasteiger partial charge in [0.2, 0.25) is 0 Å². The Kier molecular flexibility index (Phi) is 3.37. The fourth-order valence-corrected chi connectivity index (χ4v) is 1.41. The highest BCUT2D eigenvalue weighted by Gasteiger charge is 2.33. The molecule has 0 saturated carbocycles. The average molecular weight is 260 g/mol. The minimum atomic E-state index is -4.42. The van der Waals surface area contributed by atoms with Crippen LogP contribution >= 0.6 is 0 Å². The van der Waals surface area contributed by atoms with Crippen LogP contribution in [0.5, 0.6) is 0 Å². The van der Waals surface area contributed by atoms with E-state index in [1.807, 2.05) is 0 Å². The summed E-state index contributed by atoms with van der Waals surface area (Å²) in [6.07, 6.45) is -3.10. The molecule has 0 saturated heterocycles. The zero-order valence-corrected chi connectivity index (χ0v) is 9.51. The molecule has 0 aliphatic rings. The monoisotopic (exact) mass is 260 g/mol. The van der Waals surface area contributed by atoms with E-state index in [-0.39, 0.29) is 6.54 Å². The predicted molar refractivity (Wildman–Crippen MR) is 55.4 cm³/mol. The van der Waals surface area contributed by atoms with Gasteiger partial charge in [0.1, 0.15) is 5.76 Å². The van der Waals surface area contributed by atoms with Crippen molar-refractivity contribution >= 4 is 0 Å². The maximum Gasteiger partial charge on any atom is 0.435 e. The molecule has 8 heteroatoms. The highest BCUT2D eigenvalue weighted by molar-refractivity contribution is 5.11. The average Bonchev–Trinajstić information content (AvgIpc) is 2.88. The van der Waals surface area contributed by atoms with Gasteiger partial charge in [0.25, 0.3) is 0 Å². The summed E-state index contributed by atoms with van der Waals surface area (Å²) >= 11 is 0. The molecular weight excluding hydrogens is 249 g/mol. The maximum absolute atomic E-state index is 12.3. The third-order valence-corrected chi connectivity index (χ3v) is 2.37. The van der Waals surface area contributed by atoms with Crippen LogP contribution in [0.3, 0.4) is 0 Å². The number of halogens is 3. The highest BCUT2D eigenvalue weighted by atomic mass is 19.4. The summed E-state index contributed by atoms with van der Waals surface area (Å²) in [6.45, 7) is 2.43. The zero-order valence-electron chi connectivity index (χ0n) is 9.51. The molecule has 0 amide bonds. The number of aromatic amines is 1. The Morgan fingerprint density at radius 2 is 2.17 bits per heavy atom. The van der Waals surface area contributed by atoms with Gasteiger partial charge in [-0.2, -0.15) is 18.3 Å². The molecule has 2 rings (SSSR count). The Morgan fingerprint density at radius 3 is 2.72 bits per heavy atom. The standard InChI is InChI=1S/C10H11F3N4O/c1-6-8(15-5-18-6)4-14-3-7-2-9(17-16-7)10(11,12)13/h2,5,14H,3-4H2,1H3,(H,16,17). The number of hydrogen-bond donors (Lipinski definition) is 2. The molecule has 2 heterocycles. The van der Waals surface area contributed by atoms with Gasteiger partial charge in [-0.05, 0) is 13.0 Å². The number of alkyl halides is 3. The molecule has 0 atom stereocenters. The fraction of sp³-hybridized carbons (Fsp3) is 0.400. The summed E-state index contributed by atoms with van der Waals surface area (Å²) < 4.78 is 41.8. The van der Waals surface area contributed by atoms with Crippen LogP contribution in [-0.2, 0) is 19.3 Å². The van der Waals surface area contributed by atoms with E-state index in [0.29, 0.717) is 18.0 Å². The lowest BCUT2D eigenvalue weighted by Crippen LogP contribution is -2.13. The van der Waals surface area contributed by atoms with Gasteiger partial charge in [0.05, 0.1) is 5.69 Å². The normalized spacial score (nSPS) is 12.0. The number of rotatable bonds is 4. The van der Waals surface area contributed by atoms with Crippen molar-refractivity contribution in [2.75, 3.05) is 0 Å². The van der Waals surface area contributed by atoms with Gasteiger partial charge in [-0.25, -0.2) is 4.98 Å². The first kappa shape index (κ1) is 12.6. The Bertz CT molecular complexity index is 517. The van der Waals surface area contributed by atoms with Gasteiger partial charge in [-0.1, -0.05) is 0 Å². The molecule has 0 unspecified atom stereocenters. The topological polar surface area (TPSA) is 66.7 Å². The third kappa shape index (κ3) is 2.89. The number of hydrogen-bond acceptors (Lipinski definition) is 4. The van der Waals surface area contributed by atoms with Crippen molar-refractivity contribution in [2.24, 2.45) is 0 Å². The number of aromatic nitrogens is 3. The first-order chi connectivity index (χ1) is 8.47. The largest absolute Gasteiger partial charge is 0.448 e. The molecule has 0 aliphatic heterocycles. The van der Waals surface area contributed by atoms with Crippen LogP contribution in [0.25, 0.3) is 0 Å². The van der Waals surface area contributed by atoms with E-state index < -0.39 is 11.9 Å². The van der Waals surface area contributed by atoms with Gasteiger partial charge < -0.3 is 9.73 Å². The molecule has 0 radical (unpaired) electrons. The summed E-state index contributed by atoms with van der Waals surface area (Å²) in [6, 6.07) is 0.975. The molecule has 0 bridgehead atoms. The molecular formula is C10H11F3N4O. The van der Waals surface area contributed by atoms with Crippen LogP contribution in [0.15, 0.2) is 16.9 Å². The minimum Gasteiger partial charge on any atom is -0.448 e. The molecule has 18 heavy (non-hydrogen) atoms.